The van der Waals surface area contributed by atoms with Crippen LogP contribution in [0.4, 0.5) is 0 Å². The highest BCUT2D eigenvalue weighted by molar-refractivity contribution is 4.90. The second kappa shape index (κ2) is 5.53. The summed E-state index contributed by atoms with van der Waals surface area (Å²) in [4.78, 5) is 5.07. The first-order chi connectivity index (χ1) is 7.40. The number of piperazine rings is 1. The summed E-state index contributed by atoms with van der Waals surface area (Å²) in [5, 5.41) is 0. The highest BCUT2D eigenvalue weighted by Crippen LogP contribution is 2.23. The molecule has 2 heteroatoms. The third kappa shape index (κ3) is 2.96. The molecule has 0 N–H and O–H groups in total. The van der Waals surface area contributed by atoms with Gasteiger partial charge in [0.1, 0.15) is 0 Å². The van der Waals surface area contributed by atoms with Gasteiger partial charge in [-0.2, -0.15) is 0 Å². The smallest absolute Gasteiger partial charge is 0.0599 e. The van der Waals surface area contributed by atoms with Crippen LogP contribution in [0.2, 0.25) is 0 Å². The lowest BCUT2D eigenvalue weighted by molar-refractivity contribution is 0.0856. The van der Waals surface area contributed by atoms with Crippen LogP contribution in [0.5, 0.6) is 0 Å². The van der Waals surface area contributed by atoms with Crippen LogP contribution in [0.3, 0.4) is 0 Å². The molecule has 0 radical (unpaired) electrons. The van der Waals surface area contributed by atoms with Gasteiger partial charge in [-0.15, -0.1) is 6.42 Å². The van der Waals surface area contributed by atoms with Crippen molar-refractivity contribution in [3.63, 3.8) is 0 Å². The average Bonchev–Trinajstić information content (AvgIpc) is 2.32. The summed E-state index contributed by atoms with van der Waals surface area (Å²) >= 11 is 0. The lowest BCUT2D eigenvalue weighted by Crippen LogP contribution is -2.50. The Morgan fingerprint density at radius 2 is 1.67 bits per heavy atom. The van der Waals surface area contributed by atoms with Crippen molar-refractivity contribution in [2.75, 3.05) is 32.7 Å². The third-order valence-electron chi connectivity index (χ3n) is 3.81. The summed E-state index contributed by atoms with van der Waals surface area (Å²) in [6.07, 6.45) is 12.5. The third-order valence-corrected chi connectivity index (χ3v) is 3.81. The summed E-state index contributed by atoms with van der Waals surface area (Å²) in [7, 11) is 0. The van der Waals surface area contributed by atoms with Gasteiger partial charge in [0.05, 0.1) is 6.54 Å². The van der Waals surface area contributed by atoms with E-state index in [9.17, 15) is 0 Å². The molecule has 0 aromatic carbocycles. The van der Waals surface area contributed by atoms with Gasteiger partial charge in [-0.3, -0.25) is 9.80 Å². The van der Waals surface area contributed by atoms with Crippen LogP contribution < -0.4 is 0 Å². The van der Waals surface area contributed by atoms with Crippen LogP contribution in [0.25, 0.3) is 0 Å². The van der Waals surface area contributed by atoms with Crippen LogP contribution in [0.1, 0.15) is 32.1 Å². The van der Waals surface area contributed by atoms with Gasteiger partial charge in [0.25, 0.3) is 0 Å². The molecule has 0 amide bonds. The van der Waals surface area contributed by atoms with E-state index < -0.39 is 0 Å². The number of rotatable bonds is 2. The Labute approximate surface area is 93.6 Å². The van der Waals surface area contributed by atoms with Crippen LogP contribution in [0.15, 0.2) is 0 Å². The standard InChI is InChI=1S/C13H22N2/c1-2-8-14-9-11-15(12-10-14)13-6-4-3-5-7-13/h1,13H,3-12H2. The van der Waals surface area contributed by atoms with Gasteiger partial charge in [-0.05, 0) is 12.8 Å². The minimum absolute atomic E-state index is 0.832. The Morgan fingerprint density at radius 3 is 2.27 bits per heavy atom. The molecule has 2 aliphatic rings. The van der Waals surface area contributed by atoms with E-state index in [-0.39, 0.29) is 0 Å². The molecule has 0 aromatic heterocycles. The van der Waals surface area contributed by atoms with Gasteiger partial charge in [0.15, 0.2) is 0 Å². The Bertz CT molecular complexity index is 217. The zero-order valence-electron chi connectivity index (χ0n) is 9.62. The quantitative estimate of drug-likeness (QED) is 0.633. The van der Waals surface area contributed by atoms with Crippen LogP contribution in [-0.2, 0) is 0 Å². The summed E-state index contributed by atoms with van der Waals surface area (Å²) in [6.45, 7) is 5.62. The molecular weight excluding hydrogens is 184 g/mol. The van der Waals surface area contributed by atoms with Crippen molar-refractivity contribution in [3.8, 4) is 12.3 Å². The fraction of sp³-hybridized carbons (Fsp3) is 0.846. The van der Waals surface area contributed by atoms with E-state index >= 15 is 0 Å². The average molecular weight is 206 g/mol. The zero-order valence-corrected chi connectivity index (χ0v) is 9.62. The molecule has 1 aliphatic carbocycles. The Kier molecular flexibility index (Phi) is 4.05. The van der Waals surface area contributed by atoms with E-state index in [4.69, 9.17) is 6.42 Å². The SMILES string of the molecule is C#CCN1CCN(C2CCCCC2)CC1. The lowest BCUT2D eigenvalue weighted by Gasteiger charge is -2.40. The molecule has 1 aliphatic heterocycles. The largest absolute Gasteiger partial charge is 0.298 e. The first-order valence-corrected chi connectivity index (χ1v) is 6.30. The molecule has 0 spiro atoms. The molecule has 0 aromatic rings. The van der Waals surface area contributed by atoms with Crippen molar-refractivity contribution >= 4 is 0 Å². The van der Waals surface area contributed by atoms with Crippen molar-refractivity contribution in [3.05, 3.63) is 0 Å². The van der Waals surface area contributed by atoms with E-state index in [1.54, 1.807) is 0 Å². The molecule has 1 heterocycles. The molecule has 0 unspecified atom stereocenters. The van der Waals surface area contributed by atoms with Gasteiger partial charge >= 0.3 is 0 Å². The second-order valence-electron chi connectivity index (χ2n) is 4.81. The molecule has 15 heavy (non-hydrogen) atoms. The molecular formula is C13H22N2. The fourth-order valence-corrected chi connectivity index (χ4v) is 2.86. The molecule has 1 saturated heterocycles. The van der Waals surface area contributed by atoms with Crippen molar-refractivity contribution in [1.82, 2.24) is 9.80 Å². The lowest BCUT2D eigenvalue weighted by atomic mass is 9.94. The van der Waals surface area contributed by atoms with Crippen LogP contribution >= 0.6 is 0 Å². The molecule has 84 valence electrons. The first-order valence-electron chi connectivity index (χ1n) is 6.30. The van der Waals surface area contributed by atoms with Crippen LogP contribution in [-0.4, -0.2) is 48.6 Å². The minimum Gasteiger partial charge on any atom is -0.298 e. The Morgan fingerprint density at radius 1 is 1.00 bits per heavy atom. The van der Waals surface area contributed by atoms with Crippen molar-refractivity contribution in [2.24, 2.45) is 0 Å². The molecule has 0 atom stereocenters. The molecule has 1 saturated carbocycles. The van der Waals surface area contributed by atoms with Gasteiger partial charge in [-0.25, -0.2) is 0 Å². The van der Waals surface area contributed by atoms with Crippen molar-refractivity contribution in [2.45, 2.75) is 38.1 Å². The predicted molar refractivity (Wildman–Crippen MR) is 63.7 cm³/mol. The number of hydrogen-bond acceptors (Lipinski definition) is 2. The summed E-state index contributed by atoms with van der Waals surface area (Å²) in [5.41, 5.74) is 0. The monoisotopic (exact) mass is 206 g/mol. The normalized spacial score (nSPS) is 26.3. The zero-order chi connectivity index (χ0) is 10.5. The van der Waals surface area contributed by atoms with E-state index in [1.165, 1.54) is 58.3 Å². The highest BCUT2D eigenvalue weighted by Gasteiger charge is 2.24. The van der Waals surface area contributed by atoms with Gasteiger partial charge < -0.3 is 0 Å². The van der Waals surface area contributed by atoms with E-state index in [0.29, 0.717) is 0 Å². The number of terminal acetylenes is 1. The highest BCUT2D eigenvalue weighted by atomic mass is 15.3. The summed E-state index contributed by atoms with van der Waals surface area (Å²) in [6, 6.07) is 0.881. The Hall–Kier alpha value is -0.520. The molecule has 0 bridgehead atoms. The maximum absolute atomic E-state index is 5.33. The molecule has 2 rings (SSSR count). The van der Waals surface area contributed by atoms with E-state index in [2.05, 4.69) is 15.7 Å². The first kappa shape index (κ1) is 11.0. The van der Waals surface area contributed by atoms with Gasteiger partial charge in [-0.1, -0.05) is 25.2 Å². The maximum Gasteiger partial charge on any atom is 0.0599 e. The van der Waals surface area contributed by atoms with E-state index in [0.717, 1.165) is 12.6 Å². The minimum atomic E-state index is 0.832. The Balaban J connectivity index is 1.75. The van der Waals surface area contributed by atoms with E-state index in [1.807, 2.05) is 0 Å². The fourth-order valence-electron chi connectivity index (χ4n) is 2.86. The second-order valence-corrected chi connectivity index (χ2v) is 4.81. The maximum atomic E-state index is 5.33. The molecule has 2 nitrogen and oxygen atoms in total. The van der Waals surface area contributed by atoms with Gasteiger partial charge in [0, 0.05) is 32.2 Å². The predicted octanol–water partition coefficient (Wildman–Crippen LogP) is 1.57. The number of nitrogens with zero attached hydrogens (tertiary/aromatic N) is 2. The van der Waals surface area contributed by atoms with Crippen molar-refractivity contribution < 1.29 is 0 Å². The van der Waals surface area contributed by atoms with Crippen LogP contribution in [0, 0.1) is 12.3 Å². The van der Waals surface area contributed by atoms with Gasteiger partial charge in [0.2, 0.25) is 0 Å². The topological polar surface area (TPSA) is 6.48 Å². The van der Waals surface area contributed by atoms with Crippen molar-refractivity contribution in [1.29, 1.82) is 0 Å². The number of hydrogen-bond donors (Lipinski definition) is 0. The summed E-state index contributed by atoms with van der Waals surface area (Å²) in [5.74, 6) is 2.74. The molecule has 2 fully saturated rings. The summed E-state index contributed by atoms with van der Waals surface area (Å²) < 4.78 is 0.